The van der Waals surface area contributed by atoms with Gasteiger partial charge in [0.25, 0.3) is 11.6 Å². The SMILES string of the molecule is CN1CCN(C(CNC(=O)c2ccc(Cl)c([N+](=O)[O-])c2)c2cccn2C)CC1. The number of hydrogen-bond acceptors (Lipinski definition) is 5. The van der Waals surface area contributed by atoms with Crippen molar-refractivity contribution in [2.75, 3.05) is 39.8 Å². The van der Waals surface area contributed by atoms with Gasteiger partial charge in [0.15, 0.2) is 0 Å². The lowest BCUT2D eigenvalue weighted by atomic mass is 10.1. The molecule has 1 aliphatic rings. The average Bonchev–Trinajstić information content (AvgIpc) is 3.09. The van der Waals surface area contributed by atoms with Crippen LogP contribution in [0.1, 0.15) is 22.1 Å². The lowest BCUT2D eigenvalue weighted by Crippen LogP contribution is -2.48. The van der Waals surface area contributed by atoms with Crippen molar-refractivity contribution in [1.29, 1.82) is 0 Å². The minimum absolute atomic E-state index is 0.0145. The van der Waals surface area contributed by atoms with Crippen molar-refractivity contribution in [3.8, 4) is 0 Å². The van der Waals surface area contributed by atoms with E-state index in [9.17, 15) is 14.9 Å². The summed E-state index contributed by atoms with van der Waals surface area (Å²) in [5.41, 5.74) is 1.07. The van der Waals surface area contributed by atoms with E-state index in [0.29, 0.717) is 6.54 Å². The van der Waals surface area contributed by atoms with Crippen LogP contribution in [-0.2, 0) is 7.05 Å². The van der Waals surface area contributed by atoms with Crippen molar-refractivity contribution in [2.45, 2.75) is 6.04 Å². The molecule has 1 aromatic heterocycles. The molecular weight excluding hydrogens is 382 g/mol. The molecule has 0 aliphatic carbocycles. The molecule has 1 atom stereocenters. The van der Waals surface area contributed by atoms with Gasteiger partial charge in [0.05, 0.1) is 11.0 Å². The zero-order valence-corrected chi connectivity index (χ0v) is 16.7. The van der Waals surface area contributed by atoms with Gasteiger partial charge in [0.1, 0.15) is 5.02 Å². The fraction of sp³-hybridized carbons (Fsp3) is 0.421. The molecule has 1 amide bonds. The highest BCUT2D eigenvalue weighted by Crippen LogP contribution is 2.25. The predicted octanol–water partition coefficient (Wildman–Crippen LogP) is 2.31. The molecule has 0 saturated carbocycles. The highest BCUT2D eigenvalue weighted by molar-refractivity contribution is 6.32. The molecule has 1 N–H and O–H groups in total. The molecule has 2 heterocycles. The van der Waals surface area contributed by atoms with Gasteiger partial charge in [-0.05, 0) is 31.3 Å². The summed E-state index contributed by atoms with van der Waals surface area (Å²) < 4.78 is 2.06. The molecule has 28 heavy (non-hydrogen) atoms. The Hall–Kier alpha value is -2.42. The number of carbonyl (C=O) groups is 1. The molecule has 1 fully saturated rings. The molecular formula is C19H24ClN5O3. The zero-order chi connectivity index (χ0) is 20.3. The van der Waals surface area contributed by atoms with Gasteiger partial charge < -0.3 is 14.8 Å². The van der Waals surface area contributed by atoms with Crippen molar-refractivity contribution in [3.63, 3.8) is 0 Å². The predicted molar refractivity (Wildman–Crippen MR) is 108 cm³/mol. The number of carbonyl (C=O) groups excluding carboxylic acids is 1. The minimum atomic E-state index is -0.587. The number of aryl methyl sites for hydroxylation is 1. The topological polar surface area (TPSA) is 83.7 Å². The first-order valence-electron chi connectivity index (χ1n) is 9.13. The molecule has 1 saturated heterocycles. The van der Waals surface area contributed by atoms with Gasteiger partial charge in [0, 0.05) is 63.3 Å². The highest BCUT2D eigenvalue weighted by Gasteiger charge is 2.26. The van der Waals surface area contributed by atoms with Gasteiger partial charge in [-0.2, -0.15) is 0 Å². The van der Waals surface area contributed by atoms with Crippen LogP contribution in [0.2, 0.25) is 5.02 Å². The summed E-state index contributed by atoms with van der Waals surface area (Å²) in [7, 11) is 4.09. The number of piperazine rings is 1. The summed E-state index contributed by atoms with van der Waals surface area (Å²) >= 11 is 5.83. The van der Waals surface area contributed by atoms with E-state index in [1.165, 1.54) is 18.2 Å². The second kappa shape index (κ2) is 8.72. The highest BCUT2D eigenvalue weighted by atomic mass is 35.5. The Bertz CT molecular complexity index is 861. The van der Waals surface area contributed by atoms with Gasteiger partial charge in [-0.1, -0.05) is 11.6 Å². The maximum atomic E-state index is 12.6. The van der Waals surface area contributed by atoms with Gasteiger partial charge in [0.2, 0.25) is 0 Å². The number of halogens is 1. The van der Waals surface area contributed by atoms with Crippen LogP contribution in [0.5, 0.6) is 0 Å². The lowest BCUT2D eigenvalue weighted by Gasteiger charge is -2.38. The summed E-state index contributed by atoms with van der Waals surface area (Å²) in [4.78, 5) is 27.7. The number of hydrogen-bond donors (Lipinski definition) is 1. The number of nitrogens with one attached hydrogen (secondary N) is 1. The van der Waals surface area contributed by atoms with Crippen LogP contribution in [0.25, 0.3) is 0 Å². The fourth-order valence-corrected chi connectivity index (χ4v) is 3.65. The zero-order valence-electron chi connectivity index (χ0n) is 16.0. The second-order valence-corrected chi connectivity index (χ2v) is 7.44. The maximum absolute atomic E-state index is 12.6. The number of nitro benzene ring substituents is 1. The summed E-state index contributed by atoms with van der Waals surface area (Å²) in [5, 5.41) is 14.0. The molecule has 0 bridgehead atoms. The molecule has 150 valence electrons. The van der Waals surface area contributed by atoms with Crippen LogP contribution in [0, 0.1) is 10.1 Å². The number of nitro groups is 1. The van der Waals surface area contributed by atoms with Crippen LogP contribution >= 0.6 is 11.6 Å². The maximum Gasteiger partial charge on any atom is 0.288 e. The third-order valence-corrected chi connectivity index (χ3v) is 5.48. The van der Waals surface area contributed by atoms with Gasteiger partial charge in [-0.15, -0.1) is 0 Å². The van der Waals surface area contributed by atoms with Gasteiger partial charge in [-0.25, -0.2) is 0 Å². The van der Waals surface area contributed by atoms with Crippen LogP contribution in [0.3, 0.4) is 0 Å². The van der Waals surface area contributed by atoms with E-state index < -0.39 is 4.92 Å². The largest absolute Gasteiger partial charge is 0.353 e. The number of nitrogens with zero attached hydrogens (tertiary/aromatic N) is 4. The first kappa shape index (κ1) is 20.3. The number of likely N-dealkylation sites (N-methyl/N-ethyl adjacent to an activating group) is 1. The number of aromatic nitrogens is 1. The number of benzene rings is 1. The monoisotopic (exact) mass is 405 g/mol. The van der Waals surface area contributed by atoms with Crippen molar-refractivity contribution >= 4 is 23.2 Å². The molecule has 8 nitrogen and oxygen atoms in total. The van der Waals surface area contributed by atoms with E-state index in [2.05, 4.69) is 32.8 Å². The van der Waals surface area contributed by atoms with E-state index in [1.807, 2.05) is 19.3 Å². The number of rotatable bonds is 6. The molecule has 1 unspecified atom stereocenters. The molecule has 1 aromatic carbocycles. The van der Waals surface area contributed by atoms with Crippen LogP contribution in [0.4, 0.5) is 5.69 Å². The average molecular weight is 406 g/mol. The summed E-state index contributed by atoms with van der Waals surface area (Å²) in [6.07, 6.45) is 1.99. The fourth-order valence-electron chi connectivity index (χ4n) is 3.46. The number of amides is 1. The summed E-state index contributed by atoms with van der Waals surface area (Å²) in [6, 6.07) is 8.16. The molecule has 0 spiro atoms. The van der Waals surface area contributed by atoms with Gasteiger partial charge >= 0.3 is 0 Å². The Morgan fingerprint density at radius 2 is 1.96 bits per heavy atom. The second-order valence-electron chi connectivity index (χ2n) is 7.03. The van der Waals surface area contributed by atoms with Crippen molar-refractivity contribution in [3.05, 3.63) is 62.9 Å². The normalized spacial score (nSPS) is 16.7. The molecule has 0 radical (unpaired) electrons. The Balaban J connectivity index is 1.75. The van der Waals surface area contributed by atoms with Crippen molar-refractivity contribution in [1.82, 2.24) is 19.7 Å². The Morgan fingerprint density at radius 3 is 2.57 bits per heavy atom. The Labute approximate surface area is 168 Å². The standard InChI is InChI=1S/C19H24ClN5O3/c1-22-8-10-24(11-9-22)18(16-4-3-7-23(16)2)13-21-19(26)14-5-6-15(20)17(12-14)25(27)28/h3-7,12,18H,8-11,13H2,1-2H3,(H,21,26). The smallest absolute Gasteiger partial charge is 0.288 e. The van der Waals surface area contributed by atoms with E-state index in [-0.39, 0.29) is 28.2 Å². The molecule has 2 aromatic rings. The van der Waals surface area contributed by atoms with Crippen LogP contribution in [0.15, 0.2) is 36.5 Å². The van der Waals surface area contributed by atoms with E-state index in [0.717, 1.165) is 31.9 Å². The summed E-state index contributed by atoms with van der Waals surface area (Å²) in [5.74, 6) is -0.354. The third-order valence-electron chi connectivity index (χ3n) is 5.16. The Morgan fingerprint density at radius 1 is 1.25 bits per heavy atom. The Kier molecular flexibility index (Phi) is 6.33. The van der Waals surface area contributed by atoms with E-state index >= 15 is 0 Å². The molecule has 9 heteroatoms. The van der Waals surface area contributed by atoms with Crippen molar-refractivity contribution < 1.29 is 9.72 Å². The lowest BCUT2D eigenvalue weighted by molar-refractivity contribution is -0.384. The minimum Gasteiger partial charge on any atom is -0.353 e. The van der Waals surface area contributed by atoms with Gasteiger partial charge in [-0.3, -0.25) is 19.8 Å². The van der Waals surface area contributed by atoms with E-state index in [4.69, 9.17) is 11.6 Å². The molecule has 3 rings (SSSR count). The van der Waals surface area contributed by atoms with Crippen LogP contribution < -0.4 is 5.32 Å². The third kappa shape index (κ3) is 4.52. The quantitative estimate of drug-likeness (QED) is 0.589. The van der Waals surface area contributed by atoms with E-state index in [1.54, 1.807) is 0 Å². The van der Waals surface area contributed by atoms with Crippen molar-refractivity contribution in [2.24, 2.45) is 7.05 Å². The summed E-state index contributed by atoms with van der Waals surface area (Å²) in [6.45, 7) is 4.18. The van der Waals surface area contributed by atoms with Crippen LogP contribution in [-0.4, -0.2) is 65.0 Å². The first-order chi connectivity index (χ1) is 13.4. The first-order valence-corrected chi connectivity index (χ1v) is 9.50. The molecule has 1 aliphatic heterocycles.